The lowest BCUT2D eigenvalue weighted by molar-refractivity contribution is -0.142. The Morgan fingerprint density at radius 3 is 1.94 bits per heavy atom. The lowest BCUT2D eigenvalue weighted by atomic mass is 10.1. The van der Waals surface area contributed by atoms with Gasteiger partial charge in [-0.15, -0.1) is 0 Å². The van der Waals surface area contributed by atoms with Gasteiger partial charge >= 0.3 is 11.9 Å². The van der Waals surface area contributed by atoms with E-state index in [1.807, 2.05) is 0 Å². The summed E-state index contributed by atoms with van der Waals surface area (Å²) in [5.74, 6) is -6.37. The number of nitrogens with one attached hydrogen (secondary N) is 4. The van der Waals surface area contributed by atoms with Crippen LogP contribution in [0.4, 0.5) is 0 Å². The quantitative estimate of drug-likeness (QED) is 0.0959. The molecule has 33 heavy (non-hydrogen) atoms. The van der Waals surface area contributed by atoms with E-state index in [2.05, 4.69) is 21.3 Å². The molecule has 0 aliphatic carbocycles. The number of aliphatic hydroxyl groups excluding tert-OH is 1. The van der Waals surface area contributed by atoms with E-state index in [1.54, 1.807) is 0 Å². The third kappa shape index (κ3) is 12.4. The third-order valence-corrected chi connectivity index (χ3v) is 4.24. The fourth-order valence-electron chi connectivity index (χ4n) is 2.44. The van der Waals surface area contributed by atoms with Gasteiger partial charge in [-0.25, -0.2) is 4.79 Å². The maximum Gasteiger partial charge on any atom is 0.326 e. The Morgan fingerprint density at radius 2 is 1.45 bits per heavy atom. The highest BCUT2D eigenvalue weighted by Crippen LogP contribution is 2.01. The molecule has 0 aromatic rings. The van der Waals surface area contributed by atoms with Crippen molar-refractivity contribution < 1.29 is 44.1 Å². The molecule has 4 atom stereocenters. The van der Waals surface area contributed by atoms with E-state index in [-0.39, 0.29) is 6.42 Å². The van der Waals surface area contributed by atoms with Gasteiger partial charge in [0.25, 0.3) is 0 Å². The second-order valence-corrected chi connectivity index (χ2v) is 7.15. The number of aliphatic carboxylic acids is 2. The van der Waals surface area contributed by atoms with Gasteiger partial charge in [0.05, 0.1) is 25.6 Å². The molecule has 4 amide bonds. The number of rotatable bonds is 16. The first-order chi connectivity index (χ1) is 15.4. The molecule has 0 fully saturated rings. The minimum absolute atomic E-state index is 0.139. The number of carbonyl (C=O) groups is 6. The highest BCUT2D eigenvalue weighted by atomic mass is 16.4. The van der Waals surface area contributed by atoms with Gasteiger partial charge in [-0.2, -0.15) is 0 Å². The van der Waals surface area contributed by atoms with Crippen LogP contribution < -0.4 is 32.7 Å². The van der Waals surface area contributed by atoms with Crippen molar-refractivity contribution in [2.75, 3.05) is 19.7 Å². The van der Waals surface area contributed by atoms with Crippen molar-refractivity contribution in [1.82, 2.24) is 21.3 Å². The summed E-state index contributed by atoms with van der Waals surface area (Å²) >= 11 is 0. The fourth-order valence-corrected chi connectivity index (χ4v) is 2.44. The first kappa shape index (κ1) is 29.7. The van der Waals surface area contributed by atoms with Crippen LogP contribution in [0.3, 0.4) is 0 Å². The van der Waals surface area contributed by atoms with Crippen LogP contribution >= 0.6 is 0 Å². The van der Waals surface area contributed by atoms with Gasteiger partial charge in [-0.1, -0.05) is 0 Å². The molecule has 15 nitrogen and oxygen atoms in total. The zero-order chi connectivity index (χ0) is 25.6. The van der Waals surface area contributed by atoms with E-state index in [0.29, 0.717) is 19.4 Å². The number of carbonyl (C=O) groups excluding carboxylic acids is 4. The molecule has 0 heterocycles. The molecule has 0 saturated carbocycles. The molecule has 15 heteroatoms. The Bertz CT molecular complexity index is 716. The van der Waals surface area contributed by atoms with Gasteiger partial charge in [0.1, 0.15) is 18.1 Å². The van der Waals surface area contributed by atoms with Crippen LogP contribution in [-0.2, 0) is 28.8 Å². The summed E-state index contributed by atoms with van der Waals surface area (Å²) in [5, 5.41) is 36.0. The second kappa shape index (κ2) is 15.5. The summed E-state index contributed by atoms with van der Waals surface area (Å²) in [6.45, 7) is 0.128. The number of aliphatic hydroxyl groups is 1. The van der Waals surface area contributed by atoms with E-state index in [1.165, 1.54) is 6.92 Å². The molecule has 4 unspecified atom stereocenters. The number of hydrogen-bond donors (Lipinski definition) is 9. The van der Waals surface area contributed by atoms with Crippen molar-refractivity contribution in [2.45, 2.75) is 56.8 Å². The summed E-state index contributed by atoms with van der Waals surface area (Å²) < 4.78 is 0. The Hall–Kier alpha value is -3.30. The smallest absolute Gasteiger partial charge is 0.326 e. The molecule has 188 valence electrons. The van der Waals surface area contributed by atoms with Crippen molar-refractivity contribution in [3.8, 4) is 0 Å². The molecule has 0 rings (SSSR count). The molecule has 0 aliphatic rings. The molecule has 0 bridgehead atoms. The summed E-state index contributed by atoms with van der Waals surface area (Å²) in [6.07, 6.45) is 0.365. The lowest BCUT2D eigenvalue weighted by Crippen LogP contribution is -2.57. The molecular weight excluding hydrogens is 444 g/mol. The predicted octanol–water partition coefficient (Wildman–Crippen LogP) is -4.42. The second-order valence-electron chi connectivity index (χ2n) is 7.15. The number of hydrogen-bond acceptors (Lipinski definition) is 9. The molecule has 0 aliphatic heterocycles. The monoisotopic (exact) mass is 476 g/mol. The molecule has 0 saturated heterocycles. The van der Waals surface area contributed by atoms with Gasteiger partial charge in [-0.3, -0.25) is 24.0 Å². The van der Waals surface area contributed by atoms with Crippen LogP contribution in [0.25, 0.3) is 0 Å². The predicted molar refractivity (Wildman–Crippen MR) is 112 cm³/mol. The Morgan fingerprint density at radius 1 is 0.848 bits per heavy atom. The van der Waals surface area contributed by atoms with E-state index < -0.39 is 79.3 Å². The zero-order valence-electron chi connectivity index (χ0n) is 18.2. The van der Waals surface area contributed by atoms with Gasteiger partial charge in [-0.05, 0) is 32.7 Å². The number of nitrogens with two attached hydrogens (primary N) is 2. The largest absolute Gasteiger partial charge is 0.481 e. The van der Waals surface area contributed by atoms with Crippen molar-refractivity contribution in [1.29, 1.82) is 0 Å². The normalized spacial score (nSPS) is 14.2. The van der Waals surface area contributed by atoms with Gasteiger partial charge in [0.2, 0.25) is 23.6 Å². The molecule has 0 aromatic heterocycles. The molecular formula is C18H32N6O9. The summed E-state index contributed by atoms with van der Waals surface area (Å²) in [4.78, 5) is 70.3. The van der Waals surface area contributed by atoms with E-state index in [0.717, 1.165) is 0 Å². The highest BCUT2D eigenvalue weighted by Gasteiger charge is 2.29. The number of unbranched alkanes of at least 4 members (excludes halogenated alkanes) is 1. The zero-order valence-corrected chi connectivity index (χ0v) is 18.2. The third-order valence-electron chi connectivity index (χ3n) is 4.24. The SMILES string of the molecule is CC(N)C(=O)NC(CC(=O)O)C(=O)NC(CO)C(=O)NCC(=O)NC(CCCCN)C(=O)O. The van der Waals surface area contributed by atoms with Crippen molar-refractivity contribution >= 4 is 35.6 Å². The summed E-state index contributed by atoms with van der Waals surface area (Å²) in [7, 11) is 0. The van der Waals surface area contributed by atoms with Gasteiger partial charge < -0.3 is 48.1 Å². The fraction of sp³-hybridized carbons (Fsp3) is 0.667. The van der Waals surface area contributed by atoms with Crippen LogP contribution in [0, 0.1) is 0 Å². The molecule has 0 aromatic carbocycles. The minimum Gasteiger partial charge on any atom is -0.481 e. The van der Waals surface area contributed by atoms with Crippen molar-refractivity contribution in [2.24, 2.45) is 11.5 Å². The van der Waals surface area contributed by atoms with Crippen LogP contribution in [0.2, 0.25) is 0 Å². The van der Waals surface area contributed by atoms with E-state index in [9.17, 15) is 33.9 Å². The van der Waals surface area contributed by atoms with Crippen LogP contribution in [-0.4, -0.2) is 94.8 Å². The van der Waals surface area contributed by atoms with Crippen LogP contribution in [0.5, 0.6) is 0 Å². The average Bonchev–Trinajstić information content (AvgIpc) is 2.73. The average molecular weight is 476 g/mol. The molecule has 0 radical (unpaired) electrons. The lowest BCUT2D eigenvalue weighted by Gasteiger charge is -2.22. The van der Waals surface area contributed by atoms with E-state index in [4.69, 9.17) is 21.7 Å². The first-order valence-corrected chi connectivity index (χ1v) is 10.1. The van der Waals surface area contributed by atoms with Crippen LogP contribution in [0.15, 0.2) is 0 Å². The Balaban J connectivity index is 4.90. The number of carboxylic acid groups (broad SMARTS) is 2. The summed E-state index contributed by atoms with van der Waals surface area (Å²) in [5.41, 5.74) is 10.7. The van der Waals surface area contributed by atoms with Crippen LogP contribution in [0.1, 0.15) is 32.6 Å². The van der Waals surface area contributed by atoms with Crippen molar-refractivity contribution in [3.05, 3.63) is 0 Å². The Labute approximate surface area is 189 Å². The van der Waals surface area contributed by atoms with Gasteiger partial charge in [0, 0.05) is 0 Å². The first-order valence-electron chi connectivity index (χ1n) is 10.1. The standard InChI is InChI=1S/C18H32N6O9/c1-9(20)15(29)23-11(6-14(27)28)17(31)24-12(8-25)16(30)21-7-13(26)22-10(18(32)33)4-2-3-5-19/h9-12,25H,2-8,19-20H2,1H3,(H,21,30)(H,22,26)(H,23,29)(H,24,31)(H,27,28)(H,32,33). The number of carboxylic acids is 2. The van der Waals surface area contributed by atoms with Gasteiger partial charge in [0.15, 0.2) is 0 Å². The molecule has 11 N–H and O–H groups in total. The maximum atomic E-state index is 12.3. The molecule has 0 spiro atoms. The van der Waals surface area contributed by atoms with Crippen molar-refractivity contribution in [3.63, 3.8) is 0 Å². The maximum absolute atomic E-state index is 12.3. The topological polar surface area (TPSA) is 263 Å². The highest BCUT2D eigenvalue weighted by molar-refractivity contribution is 5.95. The summed E-state index contributed by atoms with van der Waals surface area (Å²) in [6, 6.07) is -5.36. The Kier molecular flexibility index (Phi) is 13.9. The number of amides is 4. The van der Waals surface area contributed by atoms with E-state index >= 15 is 0 Å². The minimum atomic E-state index is -1.58.